The van der Waals surface area contributed by atoms with Gasteiger partial charge in [0.25, 0.3) is 0 Å². The summed E-state index contributed by atoms with van der Waals surface area (Å²) < 4.78 is 1.78. The highest BCUT2D eigenvalue weighted by atomic mass is 32.2. The van der Waals surface area contributed by atoms with E-state index in [0.717, 1.165) is 11.0 Å². The Morgan fingerprint density at radius 3 is 2.63 bits per heavy atom. The summed E-state index contributed by atoms with van der Waals surface area (Å²) in [5.41, 5.74) is 13.1. The summed E-state index contributed by atoms with van der Waals surface area (Å²) in [6.45, 7) is 0. The van der Waals surface area contributed by atoms with Gasteiger partial charge in [-0.25, -0.2) is 14.6 Å². The van der Waals surface area contributed by atoms with Crippen molar-refractivity contribution in [1.29, 1.82) is 0 Å². The van der Waals surface area contributed by atoms with Gasteiger partial charge >= 0.3 is 0 Å². The Morgan fingerprint density at radius 2 is 1.84 bits per heavy atom. The fourth-order valence-corrected chi connectivity index (χ4v) is 2.43. The molecule has 7 nitrogen and oxygen atoms in total. The molecule has 0 saturated carbocycles. The van der Waals surface area contributed by atoms with E-state index in [0.29, 0.717) is 22.7 Å². The summed E-state index contributed by atoms with van der Waals surface area (Å²) >= 11 is 1.40. The monoisotopic (exact) mass is 273 g/mol. The van der Waals surface area contributed by atoms with E-state index in [4.69, 9.17) is 11.5 Å². The first-order valence-electron chi connectivity index (χ1n) is 5.53. The van der Waals surface area contributed by atoms with Crippen LogP contribution < -0.4 is 11.5 Å². The van der Waals surface area contributed by atoms with Crippen molar-refractivity contribution in [2.45, 2.75) is 11.0 Å². The van der Waals surface area contributed by atoms with Crippen LogP contribution in [0.1, 0.15) is 0 Å². The molecule has 2 heterocycles. The fraction of sp³-hybridized carbons (Fsp3) is 0.0909. The van der Waals surface area contributed by atoms with Crippen LogP contribution in [0.5, 0.6) is 0 Å². The van der Waals surface area contributed by atoms with E-state index in [-0.39, 0.29) is 0 Å². The average Bonchev–Trinajstić information content (AvgIpc) is 2.78. The van der Waals surface area contributed by atoms with Crippen LogP contribution >= 0.6 is 11.8 Å². The molecule has 0 amide bonds. The summed E-state index contributed by atoms with van der Waals surface area (Å²) in [7, 11) is 0. The molecular formula is C11H11N7S. The Morgan fingerprint density at radius 1 is 1.11 bits per heavy atom. The number of nitrogens with zero attached hydrogens (tertiary/aromatic N) is 5. The van der Waals surface area contributed by atoms with Crippen molar-refractivity contribution in [3.8, 4) is 0 Å². The highest BCUT2D eigenvalue weighted by molar-refractivity contribution is 7.98. The molecule has 3 aromatic rings. The number of benzene rings is 1. The predicted octanol–water partition coefficient (Wildman–Crippen LogP) is 1.14. The third kappa shape index (κ3) is 2.43. The van der Waals surface area contributed by atoms with Gasteiger partial charge in [-0.1, -0.05) is 29.1 Å². The van der Waals surface area contributed by atoms with Crippen LogP contribution in [-0.2, 0) is 5.88 Å². The molecule has 0 bridgehead atoms. The van der Waals surface area contributed by atoms with Gasteiger partial charge in [0.15, 0.2) is 5.16 Å². The molecule has 0 aliphatic carbocycles. The van der Waals surface area contributed by atoms with Gasteiger partial charge in [0, 0.05) is 6.07 Å². The third-order valence-corrected chi connectivity index (χ3v) is 3.30. The van der Waals surface area contributed by atoms with Crippen molar-refractivity contribution in [2.24, 2.45) is 0 Å². The summed E-state index contributed by atoms with van der Waals surface area (Å²) in [4.78, 5) is 8.20. The first kappa shape index (κ1) is 11.7. The molecule has 0 radical (unpaired) electrons. The second kappa shape index (κ2) is 4.73. The number of aromatic nitrogens is 5. The number of hydrogen-bond acceptors (Lipinski definition) is 7. The van der Waals surface area contributed by atoms with E-state index in [1.54, 1.807) is 4.68 Å². The van der Waals surface area contributed by atoms with E-state index >= 15 is 0 Å². The number of thioether (sulfide) groups is 1. The Hall–Kier alpha value is -2.35. The maximum absolute atomic E-state index is 5.62. The molecule has 0 saturated heterocycles. The number of para-hydroxylation sites is 1. The fourth-order valence-electron chi connectivity index (χ4n) is 1.66. The Bertz CT molecular complexity index is 704. The van der Waals surface area contributed by atoms with Gasteiger partial charge in [-0.3, -0.25) is 0 Å². The summed E-state index contributed by atoms with van der Waals surface area (Å²) in [5.74, 6) is 1.26. The quantitative estimate of drug-likeness (QED) is 0.544. The number of nitrogen functional groups attached to an aromatic ring is 2. The van der Waals surface area contributed by atoms with Crippen LogP contribution in [0.25, 0.3) is 11.0 Å². The minimum absolute atomic E-state index is 0.360. The van der Waals surface area contributed by atoms with E-state index < -0.39 is 0 Å². The topological polar surface area (TPSA) is 109 Å². The van der Waals surface area contributed by atoms with Gasteiger partial charge in [-0.15, -0.1) is 5.10 Å². The average molecular weight is 273 g/mol. The molecule has 0 unspecified atom stereocenters. The lowest BCUT2D eigenvalue weighted by Crippen LogP contribution is -2.02. The molecule has 0 atom stereocenters. The Balaban J connectivity index is 1.82. The van der Waals surface area contributed by atoms with Crippen molar-refractivity contribution in [1.82, 2.24) is 25.0 Å². The Kier molecular flexibility index (Phi) is 2.92. The van der Waals surface area contributed by atoms with Crippen LogP contribution in [0.4, 0.5) is 11.6 Å². The zero-order chi connectivity index (χ0) is 13.2. The molecule has 19 heavy (non-hydrogen) atoms. The first-order valence-corrected chi connectivity index (χ1v) is 6.52. The minimum atomic E-state index is 0.360. The second-order valence-corrected chi connectivity index (χ2v) is 4.76. The zero-order valence-electron chi connectivity index (χ0n) is 9.89. The molecule has 2 aromatic heterocycles. The van der Waals surface area contributed by atoms with E-state index in [1.807, 2.05) is 24.3 Å². The highest BCUT2D eigenvalue weighted by Crippen LogP contribution is 2.20. The third-order valence-electron chi connectivity index (χ3n) is 2.48. The van der Waals surface area contributed by atoms with Gasteiger partial charge in [0.05, 0.1) is 11.4 Å². The largest absolute Gasteiger partial charge is 0.383 e. The summed E-state index contributed by atoms with van der Waals surface area (Å²) in [6.07, 6.45) is 0. The SMILES string of the molecule is Nc1cc(N)nc(SCn2nnc3ccccc32)n1. The molecule has 96 valence electrons. The molecule has 1 aromatic carbocycles. The van der Waals surface area contributed by atoms with Crippen LogP contribution in [0.2, 0.25) is 0 Å². The number of anilines is 2. The maximum Gasteiger partial charge on any atom is 0.193 e. The number of rotatable bonds is 3. The van der Waals surface area contributed by atoms with Gasteiger partial charge in [0.2, 0.25) is 0 Å². The van der Waals surface area contributed by atoms with E-state index in [1.165, 1.54) is 17.8 Å². The molecule has 0 fully saturated rings. The molecule has 8 heteroatoms. The van der Waals surface area contributed by atoms with E-state index in [9.17, 15) is 0 Å². The maximum atomic E-state index is 5.62. The zero-order valence-corrected chi connectivity index (χ0v) is 10.7. The van der Waals surface area contributed by atoms with Crippen molar-refractivity contribution in [3.63, 3.8) is 0 Å². The van der Waals surface area contributed by atoms with Crippen molar-refractivity contribution < 1.29 is 0 Å². The summed E-state index contributed by atoms with van der Waals surface area (Å²) in [6, 6.07) is 9.27. The molecular weight excluding hydrogens is 262 g/mol. The smallest absolute Gasteiger partial charge is 0.193 e. The first-order chi connectivity index (χ1) is 9.22. The van der Waals surface area contributed by atoms with Crippen LogP contribution in [0, 0.1) is 0 Å². The molecule has 0 aliphatic heterocycles. The van der Waals surface area contributed by atoms with Gasteiger partial charge in [-0.05, 0) is 12.1 Å². The number of hydrogen-bond donors (Lipinski definition) is 2. The van der Waals surface area contributed by atoms with Crippen molar-refractivity contribution >= 4 is 34.4 Å². The van der Waals surface area contributed by atoms with Crippen molar-refractivity contribution in [3.05, 3.63) is 30.3 Å². The van der Waals surface area contributed by atoms with Crippen LogP contribution in [0.3, 0.4) is 0 Å². The van der Waals surface area contributed by atoms with Gasteiger partial charge in [0.1, 0.15) is 17.2 Å². The molecule has 0 aliphatic rings. The highest BCUT2D eigenvalue weighted by Gasteiger charge is 2.06. The molecule has 3 rings (SSSR count). The molecule has 4 N–H and O–H groups in total. The lowest BCUT2D eigenvalue weighted by molar-refractivity contribution is 0.720. The lowest BCUT2D eigenvalue weighted by Gasteiger charge is -2.03. The number of nitrogens with two attached hydrogens (primary N) is 2. The molecule has 0 spiro atoms. The lowest BCUT2D eigenvalue weighted by atomic mass is 10.3. The summed E-state index contributed by atoms with van der Waals surface area (Å²) in [5, 5.41) is 8.68. The van der Waals surface area contributed by atoms with Gasteiger partial charge < -0.3 is 11.5 Å². The predicted molar refractivity (Wildman–Crippen MR) is 74.2 cm³/mol. The number of fused-ring (bicyclic) bond motifs is 1. The Labute approximate surface area is 113 Å². The second-order valence-electron chi connectivity index (χ2n) is 3.85. The standard InChI is InChI=1S/C11H11N7S/c12-9-5-10(13)15-11(14-9)19-6-18-8-4-2-1-3-7(8)16-17-18/h1-5H,6H2,(H4,12,13,14,15). The van der Waals surface area contributed by atoms with Crippen LogP contribution in [0.15, 0.2) is 35.5 Å². The van der Waals surface area contributed by atoms with Crippen molar-refractivity contribution in [2.75, 3.05) is 11.5 Å². The normalized spacial score (nSPS) is 10.9. The van der Waals surface area contributed by atoms with Crippen LogP contribution in [-0.4, -0.2) is 25.0 Å². The van der Waals surface area contributed by atoms with E-state index in [2.05, 4.69) is 20.3 Å². The van der Waals surface area contributed by atoms with Gasteiger partial charge in [-0.2, -0.15) is 0 Å². The minimum Gasteiger partial charge on any atom is -0.383 e.